The van der Waals surface area contributed by atoms with Gasteiger partial charge in [0.2, 0.25) is 10.0 Å². The van der Waals surface area contributed by atoms with Crippen molar-refractivity contribution in [1.82, 2.24) is 14.2 Å². The van der Waals surface area contributed by atoms with Crippen molar-refractivity contribution in [2.75, 3.05) is 46.1 Å². The molecule has 1 rings (SSSR count). The SMILES string of the molecule is CCCN(CCN(C)C)S(=O)(=O)c1cnccc1NC. The fraction of sp³-hybridized carbons (Fsp3) is 0.615. The van der Waals surface area contributed by atoms with Crippen LogP contribution in [0.4, 0.5) is 5.69 Å². The second-order valence-electron chi connectivity index (χ2n) is 4.83. The van der Waals surface area contributed by atoms with Gasteiger partial charge in [-0.05, 0) is 26.6 Å². The number of sulfonamides is 1. The van der Waals surface area contributed by atoms with Crippen LogP contribution < -0.4 is 5.32 Å². The van der Waals surface area contributed by atoms with E-state index in [9.17, 15) is 8.42 Å². The summed E-state index contributed by atoms with van der Waals surface area (Å²) in [5.74, 6) is 0. The lowest BCUT2D eigenvalue weighted by molar-refractivity contribution is 0.333. The van der Waals surface area contributed by atoms with Crippen LogP contribution in [0.2, 0.25) is 0 Å². The quantitative estimate of drug-likeness (QED) is 0.778. The lowest BCUT2D eigenvalue weighted by Gasteiger charge is -2.24. The van der Waals surface area contributed by atoms with Crippen LogP contribution in [0.25, 0.3) is 0 Å². The van der Waals surface area contributed by atoms with Crippen LogP contribution in [-0.4, -0.2) is 63.4 Å². The largest absolute Gasteiger partial charge is 0.387 e. The van der Waals surface area contributed by atoms with Crippen LogP contribution in [0, 0.1) is 0 Å². The molecule has 7 heteroatoms. The summed E-state index contributed by atoms with van der Waals surface area (Å²) in [7, 11) is 2.05. The minimum Gasteiger partial charge on any atom is -0.387 e. The van der Waals surface area contributed by atoms with Crippen LogP contribution >= 0.6 is 0 Å². The first-order chi connectivity index (χ1) is 9.43. The van der Waals surface area contributed by atoms with E-state index in [1.54, 1.807) is 19.3 Å². The highest BCUT2D eigenvalue weighted by Gasteiger charge is 2.26. The highest BCUT2D eigenvalue weighted by atomic mass is 32.2. The monoisotopic (exact) mass is 300 g/mol. The van der Waals surface area contributed by atoms with Gasteiger partial charge in [0.05, 0.1) is 5.69 Å². The molecule has 0 saturated carbocycles. The van der Waals surface area contributed by atoms with Crippen molar-refractivity contribution in [3.63, 3.8) is 0 Å². The molecular weight excluding hydrogens is 276 g/mol. The summed E-state index contributed by atoms with van der Waals surface area (Å²) < 4.78 is 27.0. The van der Waals surface area contributed by atoms with Gasteiger partial charge in [0.1, 0.15) is 4.90 Å². The Balaban J connectivity index is 3.09. The molecule has 20 heavy (non-hydrogen) atoms. The molecule has 1 aromatic rings. The summed E-state index contributed by atoms with van der Waals surface area (Å²) in [6.45, 7) is 3.64. The first kappa shape index (κ1) is 16.9. The molecule has 0 radical (unpaired) electrons. The van der Waals surface area contributed by atoms with Crippen molar-refractivity contribution < 1.29 is 8.42 Å². The van der Waals surface area contributed by atoms with Crippen LogP contribution in [0.15, 0.2) is 23.4 Å². The molecule has 0 aliphatic rings. The Morgan fingerprint density at radius 2 is 1.95 bits per heavy atom. The molecule has 1 heterocycles. The van der Waals surface area contributed by atoms with Crippen LogP contribution in [0.5, 0.6) is 0 Å². The first-order valence-electron chi connectivity index (χ1n) is 6.70. The molecule has 1 aromatic heterocycles. The maximum Gasteiger partial charge on any atom is 0.246 e. The van der Waals surface area contributed by atoms with Crippen molar-refractivity contribution in [3.8, 4) is 0 Å². The fourth-order valence-electron chi connectivity index (χ4n) is 1.84. The van der Waals surface area contributed by atoms with Crippen molar-refractivity contribution in [1.29, 1.82) is 0 Å². The predicted octanol–water partition coefficient (Wildman–Crippen LogP) is 1.09. The Labute approximate surface area is 121 Å². The Morgan fingerprint density at radius 1 is 1.25 bits per heavy atom. The third-order valence-corrected chi connectivity index (χ3v) is 4.87. The van der Waals surface area contributed by atoms with Gasteiger partial charge in [-0.2, -0.15) is 4.31 Å². The topological polar surface area (TPSA) is 65.5 Å². The van der Waals surface area contributed by atoms with E-state index < -0.39 is 10.0 Å². The van der Waals surface area contributed by atoms with Gasteiger partial charge in [-0.1, -0.05) is 6.92 Å². The number of likely N-dealkylation sites (N-methyl/N-ethyl adjacent to an activating group) is 1. The maximum atomic E-state index is 12.7. The second-order valence-corrected chi connectivity index (χ2v) is 6.74. The summed E-state index contributed by atoms with van der Waals surface area (Å²) in [6.07, 6.45) is 3.76. The molecule has 1 N–H and O–H groups in total. The van der Waals surface area contributed by atoms with Crippen molar-refractivity contribution in [2.24, 2.45) is 0 Å². The van der Waals surface area contributed by atoms with Gasteiger partial charge in [-0.3, -0.25) is 4.98 Å². The smallest absolute Gasteiger partial charge is 0.246 e. The predicted molar refractivity (Wildman–Crippen MR) is 81.4 cm³/mol. The van der Waals surface area contributed by atoms with Crippen LogP contribution in [-0.2, 0) is 10.0 Å². The molecule has 0 unspecified atom stereocenters. The number of rotatable bonds is 8. The molecule has 0 spiro atoms. The van der Waals surface area contributed by atoms with Crippen LogP contribution in [0.1, 0.15) is 13.3 Å². The molecule has 0 amide bonds. The fourth-order valence-corrected chi connectivity index (χ4v) is 3.51. The van der Waals surface area contributed by atoms with E-state index in [1.807, 2.05) is 25.9 Å². The Kier molecular flexibility index (Phi) is 6.38. The van der Waals surface area contributed by atoms with Crippen molar-refractivity contribution in [2.45, 2.75) is 18.2 Å². The number of aromatic nitrogens is 1. The van der Waals surface area contributed by atoms with Gasteiger partial charge in [0.25, 0.3) is 0 Å². The third-order valence-electron chi connectivity index (χ3n) is 2.94. The van der Waals surface area contributed by atoms with E-state index in [4.69, 9.17) is 0 Å². The number of pyridine rings is 1. The number of anilines is 1. The highest BCUT2D eigenvalue weighted by Crippen LogP contribution is 2.23. The standard InChI is InChI=1S/C13H24N4O2S/c1-5-8-17(10-9-16(3)4)20(18,19)13-11-15-7-6-12(13)14-2/h6-7,11H,5,8-10H2,1-4H3,(H,14,15). The minimum atomic E-state index is -3.52. The molecule has 0 aliphatic heterocycles. The Bertz CT molecular complexity index is 517. The zero-order valence-corrected chi connectivity index (χ0v) is 13.4. The van der Waals surface area contributed by atoms with Crippen molar-refractivity contribution in [3.05, 3.63) is 18.5 Å². The van der Waals surface area contributed by atoms with Gasteiger partial charge in [0, 0.05) is 39.1 Å². The average molecular weight is 300 g/mol. The van der Waals surface area contributed by atoms with Gasteiger partial charge in [0.15, 0.2) is 0 Å². The van der Waals surface area contributed by atoms with E-state index in [2.05, 4.69) is 10.3 Å². The molecule has 0 saturated heterocycles. The molecule has 0 atom stereocenters. The highest BCUT2D eigenvalue weighted by molar-refractivity contribution is 7.89. The van der Waals surface area contributed by atoms with E-state index in [-0.39, 0.29) is 4.90 Å². The zero-order chi connectivity index (χ0) is 15.2. The summed E-state index contributed by atoms with van der Waals surface area (Å²) in [5, 5.41) is 2.91. The Hall–Kier alpha value is -1.18. The summed E-state index contributed by atoms with van der Waals surface area (Å²) in [5.41, 5.74) is 0.575. The summed E-state index contributed by atoms with van der Waals surface area (Å²) in [6, 6.07) is 1.67. The molecule has 0 fully saturated rings. The average Bonchev–Trinajstić information content (AvgIpc) is 2.42. The zero-order valence-electron chi connectivity index (χ0n) is 12.6. The summed E-state index contributed by atoms with van der Waals surface area (Å²) in [4.78, 5) is 6.14. The molecule has 0 aromatic carbocycles. The molecular formula is C13H24N4O2S. The Morgan fingerprint density at radius 3 is 2.50 bits per heavy atom. The number of hydrogen-bond donors (Lipinski definition) is 1. The molecule has 6 nitrogen and oxygen atoms in total. The van der Waals surface area contributed by atoms with Crippen molar-refractivity contribution >= 4 is 15.7 Å². The molecule has 0 bridgehead atoms. The normalized spacial score (nSPS) is 12.1. The van der Waals surface area contributed by atoms with Gasteiger partial charge < -0.3 is 10.2 Å². The van der Waals surface area contributed by atoms with Crippen LogP contribution in [0.3, 0.4) is 0 Å². The van der Waals surface area contributed by atoms with E-state index >= 15 is 0 Å². The summed E-state index contributed by atoms with van der Waals surface area (Å²) >= 11 is 0. The number of hydrogen-bond acceptors (Lipinski definition) is 5. The molecule has 114 valence electrons. The minimum absolute atomic E-state index is 0.231. The lowest BCUT2D eigenvalue weighted by atomic mass is 10.4. The first-order valence-corrected chi connectivity index (χ1v) is 8.14. The lowest BCUT2D eigenvalue weighted by Crippen LogP contribution is -2.37. The van der Waals surface area contributed by atoms with E-state index in [0.717, 1.165) is 6.42 Å². The second kappa shape index (κ2) is 7.56. The maximum absolute atomic E-state index is 12.7. The van der Waals surface area contributed by atoms with Gasteiger partial charge in [-0.15, -0.1) is 0 Å². The van der Waals surface area contributed by atoms with Gasteiger partial charge >= 0.3 is 0 Å². The van der Waals surface area contributed by atoms with Gasteiger partial charge in [-0.25, -0.2) is 8.42 Å². The number of nitrogens with zero attached hydrogens (tertiary/aromatic N) is 3. The van der Waals surface area contributed by atoms with E-state index in [1.165, 1.54) is 10.5 Å². The number of nitrogens with one attached hydrogen (secondary N) is 1. The molecule has 0 aliphatic carbocycles. The van der Waals surface area contributed by atoms with E-state index in [0.29, 0.717) is 25.3 Å². The third kappa shape index (κ3) is 4.16.